The van der Waals surface area contributed by atoms with Crippen LogP contribution < -0.4 is 9.64 Å². The monoisotopic (exact) mass is 405 g/mol. The maximum absolute atomic E-state index is 12.6. The van der Waals surface area contributed by atoms with Crippen molar-refractivity contribution in [1.82, 2.24) is 0 Å². The Hall–Kier alpha value is -3.11. The number of benzene rings is 3. The molecule has 1 heterocycles. The maximum Gasteiger partial charge on any atom is 0.316 e. The molecule has 0 unspecified atom stereocenters. The first kappa shape index (κ1) is 19.2. The summed E-state index contributed by atoms with van der Waals surface area (Å²) in [5.74, 6) is -0.529. The highest BCUT2D eigenvalue weighted by Crippen LogP contribution is 2.32. The minimum Gasteiger partial charge on any atom is -0.426 e. The first-order valence-electron chi connectivity index (χ1n) is 9.45. The lowest BCUT2D eigenvalue weighted by molar-refractivity contribution is -0.139. The number of hydrogen-bond acceptors (Lipinski definition) is 3. The molecule has 29 heavy (non-hydrogen) atoms. The number of nitrogens with zero attached hydrogens (tertiary/aromatic N) is 1. The lowest BCUT2D eigenvalue weighted by atomic mass is 10.1. The van der Waals surface area contributed by atoms with E-state index in [0.29, 0.717) is 17.3 Å². The van der Waals surface area contributed by atoms with Gasteiger partial charge in [-0.2, -0.15) is 0 Å². The summed E-state index contributed by atoms with van der Waals surface area (Å²) in [5, 5.41) is 0.597. The molecule has 0 spiro atoms. The number of carbonyl (C=O) groups excluding carboxylic acids is 2. The fraction of sp³-hybridized carbons (Fsp3) is 0.167. The van der Waals surface area contributed by atoms with Gasteiger partial charge in [-0.25, -0.2) is 0 Å². The summed E-state index contributed by atoms with van der Waals surface area (Å²) in [6, 6.07) is 22.8. The largest absolute Gasteiger partial charge is 0.426 e. The van der Waals surface area contributed by atoms with Gasteiger partial charge in [0.25, 0.3) is 0 Å². The molecule has 3 aromatic carbocycles. The van der Waals surface area contributed by atoms with Crippen LogP contribution in [-0.4, -0.2) is 18.4 Å². The molecule has 5 heteroatoms. The Morgan fingerprint density at radius 1 is 0.966 bits per heavy atom. The van der Waals surface area contributed by atoms with Crippen molar-refractivity contribution in [1.29, 1.82) is 0 Å². The van der Waals surface area contributed by atoms with Crippen LogP contribution in [0.4, 0.5) is 5.69 Å². The Balaban J connectivity index is 1.44. The Morgan fingerprint density at radius 3 is 2.38 bits per heavy atom. The minimum atomic E-state index is -0.505. The summed E-state index contributed by atoms with van der Waals surface area (Å²) in [7, 11) is 0. The summed E-state index contributed by atoms with van der Waals surface area (Å²) in [5.41, 5.74) is 3.71. The second kappa shape index (κ2) is 8.10. The molecule has 4 rings (SSSR count). The van der Waals surface area contributed by atoms with Crippen LogP contribution in [0.3, 0.4) is 0 Å². The van der Waals surface area contributed by atoms with Crippen molar-refractivity contribution in [2.75, 3.05) is 11.4 Å². The molecule has 0 saturated carbocycles. The fourth-order valence-electron chi connectivity index (χ4n) is 3.53. The highest BCUT2D eigenvalue weighted by Gasteiger charge is 2.37. The zero-order valence-corrected chi connectivity index (χ0v) is 16.7. The predicted molar refractivity (Wildman–Crippen MR) is 114 cm³/mol. The van der Waals surface area contributed by atoms with Crippen molar-refractivity contribution in [3.05, 3.63) is 83.4 Å². The number of hydrogen-bond donors (Lipinski definition) is 0. The third-order valence-corrected chi connectivity index (χ3v) is 5.58. The number of carbonyl (C=O) groups is 2. The molecule has 1 fully saturated rings. The first-order chi connectivity index (χ1) is 14.0. The zero-order chi connectivity index (χ0) is 20.4. The highest BCUT2D eigenvalue weighted by molar-refractivity contribution is 6.31. The molecule has 0 N–H and O–H groups in total. The van der Waals surface area contributed by atoms with Crippen molar-refractivity contribution in [2.24, 2.45) is 5.92 Å². The van der Waals surface area contributed by atoms with Gasteiger partial charge in [0.05, 0.1) is 5.92 Å². The van der Waals surface area contributed by atoms with E-state index in [0.717, 1.165) is 22.4 Å². The van der Waals surface area contributed by atoms with E-state index in [1.807, 2.05) is 55.5 Å². The van der Waals surface area contributed by atoms with Gasteiger partial charge in [0.1, 0.15) is 5.75 Å². The van der Waals surface area contributed by atoms with E-state index in [4.69, 9.17) is 16.3 Å². The number of rotatable bonds is 4. The SMILES string of the molecule is Cc1c(Cl)cccc1N1C[C@H](C(=O)Oc2ccc(-c3ccccc3)cc2)CC1=O. The standard InChI is InChI=1S/C24H20ClNO3/c1-16-21(25)8-5-9-22(16)26-15-19(14-23(26)27)24(28)29-20-12-10-18(11-13-20)17-6-3-2-4-7-17/h2-13,19H,14-15H2,1H3/t19-/m1/s1. The molecule has 1 aliphatic heterocycles. The van der Waals surface area contributed by atoms with E-state index >= 15 is 0 Å². The van der Waals surface area contributed by atoms with Crippen LogP contribution in [0, 0.1) is 12.8 Å². The van der Waals surface area contributed by atoms with Gasteiger partial charge in [0.2, 0.25) is 5.91 Å². The van der Waals surface area contributed by atoms with Crippen LogP contribution in [-0.2, 0) is 9.59 Å². The average Bonchev–Trinajstić information content (AvgIpc) is 3.13. The molecule has 0 aliphatic carbocycles. The van der Waals surface area contributed by atoms with E-state index in [9.17, 15) is 9.59 Å². The Morgan fingerprint density at radius 2 is 1.66 bits per heavy atom. The van der Waals surface area contributed by atoms with Gasteiger partial charge < -0.3 is 9.64 Å². The van der Waals surface area contributed by atoms with Crippen LogP contribution in [0.1, 0.15) is 12.0 Å². The summed E-state index contributed by atoms with van der Waals surface area (Å²) in [6.07, 6.45) is 0.132. The van der Waals surface area contributed by atoms with E-state index < -0.39 is 11.9 Å². The van der Waals surface area contributed by atoms with Crippen molar-refractivity contribution < 1.29 is 14.3 Å². The van der Waals surface area contributed by atoms with Gasteiger partial charge in [0, 0.05) is 23.7 Å². The van der Waals surface area contributed by atoms with Crippen molar-refractivity contribution in [3.63, 3.8) is 0 Å². The topological polar surface area (TPSA) is 46.6 Å². The normalized spacial score (nSPS) is 16.1. The minimum absolute atomic E-state index is 0.100. The van der Waals surface area contributed by atoms with Crippen LogP contribution in [0.15, 0.2) is 72.8 Å². The molecule has 0 radical (unpaired) electrons. The number of esters is 1. The van der Waals surface area contributed by atoms with Gasteiger partial charge in [0.15, 0.2) is 0 Å². The second-order valence-electron chi connectivity index (χ2n) is 7.10. The highest BCUT2D eigenvalue weighted by atomic mass is 35.5. The molecule has 1 atom stereocenters. The van der Waals surface area contributed by atoms with E-state index in [2.05, 4.69) is 0 Å². The zero-order valence-electron chi connectivity index (χ0n) is 16.0. The van der Waals surface area contributed by atoms with Gasteiger partial charge in [-0.15, -0.1) is 0 Å². The predicted octanol–water partition coefficient (Wildman–Crippen LogP) is 5.27. The Kier molecular flexibility index (Phi) is 5.36. The molecule has 0 bridgehead atoms. The number of halogens is 1. The molecule has 0 aromatic heterocycles. The van der Waals surface area contributed by atoms with Gasteiger partial charge in [-0.05, 0) is 47.9 Å². The molecule has 3 aromatic rings. The lowest BCUT2D eigenvalue weighted by Gasteiger charge is -2.19. The second-order valence-corrected chi connectivity index (χ2v) is 7.51. The third-order valence-electron chi connectivity index (χ3n) is 5.17. The lowest BCUT2D eigenvalue weighted by Crippen LogP contribution is -2.27. The first-order valence-corrected chi connectivity index (χ1v) is 9.83. The Bertz CT molecular complexity index is 1050. The quantitative estimate of drug-likeness (QED) is 0.438. The van der Waals surface area contributed by atoms with Crippen molar-refractivity contribution in [2.45, 2.75) is 13.3 Å². The van der Waals surface area contributed by atoms with Gasteiger partial charge in [-0.3, -0.25) is 9.59 Å². The molecular formula is C24H20ClNO3. The number of ether oxygens (including phenoxy) is 1. The maximum atomic E-state index is 12.6. The smallest absolute Gasteiger partial charge is 0.316 e. The van der Waals surface area contributed by atoms with Gasteiger partial charge >= 0.3 is 5.97 Å². The van der Waals surface area contributed by atoms with Crippen molar-refractivity contribution >= 4 is 29.2 Å². The fourth-order valence-corrected chi connectivity index (χ4v) is 3.70. The van der Waals surface area contributed by atoms with E-state index in [1.54, 1.807) is 29.2 Å². The molecule has 146 valence electrons. The van der Waals surface area contributed by atoms with Gasteiger partial charge in [-0.1, -0.05) is 60.1 Å². The molecule has 1 saturated heterocycles. The van der Waals surface area contributed by atoms with Crippen LogP contribution in [0.2, 0.25) is 5.02 Å². The average molecular weight is 406 g/mol. The van der Waals surface area contributed by atoms with Crippen molar-refractivity contribution in [3.8, 4) is 16.9 Å². The summed E-state index contributed by atoms with van der Waals surface area (Å²) in [4.78, 5) is 26.7. The van der Waals surface area contributed by atoms with E-state index in [1.165, 1.54) is 0 Å². The van der Waals surface area contributed by atoms with Crippen LogP contribution in [0.5, 0.6) is 5.75 Å². The molecule has 4 nitrogen and oxygen atoms in total. The molecule has 1 aliphatic rings. The number of anilines is 1. The number of amides is 1. The third kappa shape index (κ3) is 4.03. The van der Waals surface area contributed by atoms with Crippen LogP contribution >= 0.6 is 11.6 Å². The summed E-state index contributed by atoms with van der Waals surface area (Å²) >= 11 is 6.17. The summed E-state index contributed by atoms with van der Waals surface area (Å²) < 4.78 is 5.53. The molecular weight excluding hydrogens is 386 g/mol. The summed E-state index contributed by atoms with van der Waals surface area (Å²) in [6.45, 7) is 2.16. The Labute approximate surface area is 174 Å². The molecule has 1 amide bonds. The van der Waals surface area contributed by atoms with Crippen LogP contribution in [0.25, 0.3) is 11.1 Å². The van der Waals surface area contributed by atoms with E-state index in [-0.39, 0.29) is 12.3 Å².